The average molecular weight is 397 g/mol. The summed E-state index contributed by atoms with van der Waals surface area (Å²) in [6.45, 7) is 0. The van der Waals surface area contributed by atoms with Crippen LogP contribution in [-0.2, 0) is 6.42 Å². The Morgan fingerprint density at radius 3 is 2.33 bits per heavy atom. The first-order valence-electron chi connectivity index (χ1n) is 7.81. The summed E-state index contributed by atoms with van der Waals surface area (Å²) in [7, 11) is 0. The Labute approximate surface area is 154 Å². The van der Waals surface area contributed by atoms with Gasteiger partial charge in [0.15, 0.2) is 0 Å². The van der Waals surface area contributed by atoms with Gasteiger partial charge in [0, 0.05) is 26.8 Å². The molecule has 0 atom stereocenters. The highest BCUT2D eigenvalue weighted by atomic mass is 79.9. The van der Waals surface area contributed by atoms with Gasteiger partial charge in [-0.15, -0.1) is 0 Å². The van der Waals surface area contributed by atoms with E-state index in [-0.39, 0.29) is 0 Å². The summed E-state index contributed by atoms with van der Waals surface area (Å²) in [6, 6.07) is 24.8. The molecule has 4 aromatic rings. The zero-order valence-corrected chi connectivity index (χ0v) is 15.2. The van der Waals surface area contributed by atoms with Crippen molar-refractivity contribution in [1.29, 1.82) is 0 Å². The van der Waals surface area contributed by atoms with Crippen LogP contribution in [0.2, 0.25) is 5.02 Å². The summed E-state index contributed by atoms with van der Waals surface area (Å²) in [5.41, 5.74) is 6.04. The van der Waals surface area contributed by atoms with Gasteiger partial charge in [0.2, 0.25) is 0 Å². The number of fused-ring (bicyclic) bond motifs is 1. The standard InChI is InChI=1S/C21H15BrClN/c22-19-7-3-1-5-15(19)13-18-17-6-2-4-8-20(17)24-21(18)14-9-11-16(23)12-10-14/h1-12,24H,13H2. The van der Waals surface area contributed by atoms with Gasteiger partial charge < -0.3 is 4.98 Å². The normalized spacial score (nSPS) is 11.1. The Balaban J connectivity index is 1.90. The lowest BCUT2D eigenvalue weighted by atomic mass is 9.98. The van der Waals surface area contributed by atoms with Crippen molar-refractivity contribution in [1.82, 2.24) is 4.98 Å². The van der Waals surface area contributed by atoms with Gasteiger partial charge in [-0.2, -0.15) is 0 Å². The first-order chi connectivity index (χ1) is 11.7. The summed E-state index contributed by atoms with van der Waals surface area (Å²) in [6.07, 6.45) is 0.864. The molecule has 0 aliphatic carbocycles. The minimum atomic E-state index is 0.752. The van der Waals surface area contributed by atoms with Crippen LogP contribution < -0.4 is 0 Å². The fourth-order valence-electron chi connectivity index (χ4n) is 3.08. The van der Waals surface area contributed by atoms with E-state index < -0.39 is 0 Å². The molecule has 1 N–H and O–H groups in total. The molecule has 1 aromatic heterocycles. The van der Waals surface area contributed by atoms with E-state index in [2.05, 4.69) is 75.5 Å². The number of aromatic nitrogens is 1. The maximum absolute atomic E-state index is 6.05. The second-order valence-electron chi connectivity index (χ2n) is 5.80. The second kappa shape index (κ2) is 6.46. The van der Waals surface area contributed by atoms with Gasteiger partial charge in [0.25, 0.3) is 0 Å². The fourth-order valence-corrected chi connectivity index (χ4v) is 3.63. The van der Waals surface area contributed by atoms with E-state index in [4.69, 9.17) is 11.6 Å². The SMILES string of the molecule is Clc1ccc(-c2[nH]c3ccccc3c2Cc2ccccc2Br)cc1. The molecular formula is C21H15BrClN. The van der Waals surface area contributed by atoms with Gasteiger partial charge in [0.1, 0.15) is 0 Å². The van der Waals surface area contributed by atoms with Gasteiger partial charge in [0.05, 0.1) is 5.69 Å². The van der Waals surface area contributed by atoms with Crippen LogP contribution >= 0.6 is 27.5 Å². The first-order valence-corrected chi connectivity index (χ1v) is 8.98. The third-order valence-corrected chi connectivity index (χ3v) is 5.30. The monoisotopic (exact) mass is 395 g/mol. The highest BCUT2D eigenvalue weighted by molar-refractivity contribution is 9.10. The van der Waals surface area contributed by atoms with E-state index in [1.807, 2.05) is 18.2 Å². The number of aromatic amines is 1. The third-order valence-electron chi connectivity index (χ3n) is 4.27. The Morgan fingerprint density at radius 1 is 0.833 bits per heavy atom. The van der Waals surface area contributed by atoms with E-state index in [0.717, 1.165) is 32.7 Å². The summed E-state index contributed by atoms with van der Waals surface area (Å²) >= 11 is 9.72. The molecule has 0 radical (unpaired) electrons. The van der Waals surface area contributed by atoms with Gasteiger partial charge in [-0.05, 0) is 41.0 Å². The van der Waals surface area contributed by atoms with Gasteiger partial charge in [-0.1, -0.05) is 76.1 Å². The van der Waals surface area contributed by atoms with Crippen LogP contribution in [0.15, 0.2) is 77.3 Å². The number of hydrogen-bond donors (Lipinski definition) is 1. The largest absolute Gasteiger partial charge is 0.354 e. The summed E-state index contributed by atoms with van der Waals surface area (Å²) < 4.78 is 1.14. The zero-order valence-electron chi connectivity index (χ0n) is 12.9. The van der Waals surface area contributed by atoms with E-state index in [0.29, 0.717) is 0 Å². The molecule has 24 heavy (non-hydrogen) atoms. The number of nitrogens with one attached hydrogen (secondary N) is 1. The first kappa shape index (κ1) is 15.5. The molecule has 0 aliphatic rings. The molecule has 0 amide bonds. The smallest absolute Gasteiger partial charge is 0.0500 e. The van der Waals surface area contributed by atoms with Crippen LogP contribution in [0.5, 0.6) is 0 Å². The summed E-state index contributed by atoms with van der Waals surface area (Å²) in [4.78, 5) is 3.58. The Morgan fingerprint density at radius 2 is 1.54 bits per heavy atom. The lowest BCUT2D eigenvalue weighted by molar-refractivity contribution is 1.19. The number of benzene rings is 3. The minimum Gasteiger partial charge on any atom is -0.354 e. The average Bonchev–Trinajstić information content (AvgIpc) is 2.96. The number of rotatable bonds is 3. The van der Waals surface area contributed by atoms with Crippen molar-refractivity contribution in [2.75, 3.05) is 0 Å². The highest BCUT2D eigenvalue weighted by Gasteiger charge is 2.14. The van der Waals surface area contributed by atoms with Crippen LogP contribution in [0.25, 0.3) is 22.2 Å². The molecule has 0 unspecified atom stereocenters. The molecule has 0 fully saturated rings. The van der Waals surface area contributed by atoms with Crippen LogP contribution in [0.4, 0.5) is 0 Å². The van der Waals surface area contributed by atoms with Crippen molar-refractivity contribution in [3.05, 3.63) is 93.4 Å². The highest BCUT2D eigenvalue weighted by Crippen LogP contribution is 2.33. The van der Waals surface area contributed by atoms with Crippen LogP contribution in [0.1, 0.15) is 11.1 Å². The molecule has 0 saturated heterocycles. The molecule has 3 aromatic carbocycles. The Kier molecular flexibility index (Phi) is 4.17. The lowest BCUT2D eigenvalue weighted by Gasteiger charge is -2.08. The molecular weight excluding hydrogens is 382 g/mol. The van der Waals surface area contributed by atoms with Crippen molar-refractivity contribution in [2.45, 2.75) is 6.42 Å². The van der Waals surface area contributed by atoms with E-state index in [1.54, 1.807) is 0 Å². The summed E-state index contributed by atoms with van der Waals surface area (Å²) in [5.74, 6) is 0. The van der Waals surface area contributed by atoms with Crippen molar-refractivity contribution in [2.24, 2.45) is 0 Å². The van der Waals surface area contributed by atoms with E-state index in [9.17, 15) is 0 Å². The molecule has 118 valence electrons. The quantitative estimate of drug-likeness (QED) is 0.390. The zero-order chi connectivity index (χ0) is 16.5. The van der Waals surface area contributed by atoms with Crippen LogP contribution in [0.3, 0.4) is 0 Å². The van der Waals surface area contributed by atoms with Crippen molar-refractivity contribution < 1.29 is 0 Å². The number of hydrogen-bond acceptors (Lipinski definition) is 0. The van der Waals surface area contributed by atoms with E-state index >= 15 is 0 Å². The van der Waals surface area contributed by atoms with Gasteiger partial charge >= 0.3 is 0 Å². The van der Waals surface area contributed by atoms with E-state index in [1.165, 1.54) is 16.5 Å². The number of para-hydroxylation sites is 1. The van der Waals surface area contributed by atoms with Crippen molar-refractivity contribution >= 4 is 38.4 Å². The number of halogens is 2. The molecule has 0 bridgehead atoms. The Bertz CT molecular complexity index is 1000. The minimum absolute atomic E-state index is 0.752. The van der Waals surface area contributed by atoms with Gasteiger partial charge in [-0.3, -0.25) is 0 Å². The second-order valence-corrected chi connectivity index (χ2v) is 7.09. The number of H-pyrrole nitrogens is 1. The topological polar surface area (TPSA) is 15.8 Å². The van der Waals surface area contributed by atoms with Crippen LogP contribution in [0, 0.1) is 0 Å². The molecule has 0 spiro atoms. The van der Waals surface area contributed by atoms with Gasteiger partial charge in [-0.25, -0.2) is 0 Å². The molecule has 0 aliphatic heterocycles. The lowest BCUT2D eigenvalue weighted by Crippen LogP contribution is -1.91. The predicted octanol–water partition coefficient (Wildman–Crippen LogP) is 6.84. The van der Waals surface area contributed by atoms with Crippen molar-refractivity contribution in [3.8, 4) is 11.3 Å². The predicted molar refractivity (Wildman–Crippen MR) is 106 cm³/mol. The third kappa shape index (κ3) is 2.88. The molecule has 1 heterocycles. The molecule has 3 heteroatoms. The van der Waals surface area contributed by atoms with Crippen molar-refractivity contribution in [3.63, 3.8) is 0 Å². The Hall–Kier alpha value is -2.03. The van der Waals surface area contributed by atoms with Crippen LogP contribution in [-0.4, -0.2) is 4.98 Å². The molecule has 1 nitrogen and oxygen atoms in total. The molecule has 0 saturated carbocycles. The maximum Gasteiger partial charge on any atom is 0.0500 e. The summed E-state index contributed by atoms with van der Waals surface area (Å²) in [5, 5.41) is 2.01. The fraction of sp³-hybridized carbons (Fsp3) is 0.0476. The maximum atomic E-state index is 6.05. The molecule has 4 rings (SSSR count).